The van der Waals surface area contributed by atoms with E-state index in [0.717, 1.165) is 62.5 Å². The van der Waals surface area contributed by atoms with Gasteiger partial charge in [-0.3, -0.25) is 14.5 Å². The molecular weight excluding hydrogens is 376 g/mol. The second kappa shape index (κ2) is 8.98. The predicted molar refractivity (Wildman–Crippen MR) is 108 cm³/mol. The number of H-pyrrole nitrogens is 1. The van der Waals surface area contributed by atoms with Gasteiger partial charge in [-0.1, -0.05) is 0 Å². The van der Waals surface area contributed by atoms with Crippen LogP contribution in [0.4, 0.5) is 0 Å². The number of carbonyl (C=O) groups excluding carboxylic acids is 1. The predicted octanol–water partition coefficient (Wildman–Crippen LogP) is 1.61. The summed E-state index contributed by atoms with van der Waals surface area (Å²) in [6, 6.07) is 3.53. The van der Waals surface area contributed by atoms with Crippen LogP contribution in [0.1, 0.15) is 18.7 Å². The van der Waals surface area contributed by atoms with Gasteiger partial charge in [-0.15, -0.1) is 0 Å². The highest BCUT2D eigenvalue weighted by Gasteiger charge is 2.25. The van der Waals surface area contributed by atoms with Crippen LogP contribution >= 0.6 is 11.3 Å². The van der Waals surface area contributed by atoms with Gasteiger partial charge in [0.2, 0.25) is 5.91 Å². The van der Waals surface area contributed by atoms with E-state index in [4.69, 9.17) is 4.74 Å². The smallest absolute Gasteiger partial charge is 0.251 e. The molecule has 0 atom stereocenters. The Hall–Kier alpha value is -2.03. The Balaban J connectivity index is 1.31. The molecule has 0 aromatic carbocycles. The van der Waals surface area contributed by atoms with E-state index in [2.05, 4.69) is 14.9 Å². The monoisotopic (exact) mass is 402 g/mol. The minimum atomic E-state index is -0.107. The number of aromatic nitrogens is 2. The quantitative estimate of drug-likeness (QED) is 0.822. The summed E-state index contributed by atoms with van der Waals surface area (Å²) in [4.78, 5) is 36.2. The number of morpholine rings is 1. The minimum absolute atomic E-state index is 0.107. The Morgan fingerprint density at radius 1 is 1.25 bits per heavy atom. The van der Waals surface area contributed by atoms with Crippen molar-refractivity contribution < 1.29 is 9.53 Å². The summed E-state index contributed by atoms with van der Waals surface area (Å²) >= 11 is 1.60. The molecule has 2 aromatic rings. The Morgan fingerprint density at radius 2 is 2.04 bits per heavy atom. The van der Waals surface area contributed by atoms with E-state index < -0.39 is 0 Å². The molecule has 4 rings (SSSR count). The summed E-state index contributed by atoms with van der Waals surface area (Å²) in [6.07, 6.45) is 2.64. The zero-order chi connectivity index (χ0) is 19.3. The summed E-state index contributed by atoms with van der Waals surface area (Å²) in [5, 5.41) is 3.99. The number of ether oxygens (including phenoxy) is 1. The summed E-state index contributed by atoms with van der Waals surface area (Å²) in [7, 11) is 0. The highest BCUT2D eigenvalue weighted by Crippen LogP contribution is 2.22. The van der Waals surface area contributed by atoms with E-state index in [0.29, 0.717) is 25.7 Å². The molecule has 1 amide bonds. The molecule has 7 nitrogen and oxygen atoms in total. The molecule has 2 fully saturated rings. The van der Waals surface area contributed by atoms with Crippen molar-refractivity contribution in [3.63, 3.8) is 0 Å². The lowest BCUT2D eigenvalue weighted by Crippen LogP contribution is -2.47. The zero-order valence-electron chi connectivity index (χ0n) is 15.9. The van der Waals surface area contributed by atoms with E-state index in [1.54, 1.807) is 17.4 Å². The fourth-order valence-electron chi connectivity index (χ4n) is 3.87. The van der Waals surface area contributed by atoms with Crippen molar-refractivity contribution in [1.82, 2.24) is 19.8 Å². The van der Waals surface area contributed by atoms with Gasteiger partial charge >= 0.3 is 0 Å². The maximum atomic E-state index is 12.5. The van der Waals surface area contributed by atoms with E-state index in [1.807, 2.05) is 21.7 Å². The third kappa shape index (κ3) is 4.87. The van der Waals surface area contributed by atoms with Crippen LogP contribution in [-0.4, -0.2) is 71.6 Å². The molecule has 0 unspecified atom stereocenters. The minimum Gasteiger partial charge on any atom is -0.379 e. The largest absolute Gasteiger partial charge is 0.379 e. The van der Waals surface area contributed by atoms with Gasteiger partial charge in [-0.05, 0) is 30.2 Å². The number of hydrogen-bond acceptors (Lipinski definition) is 6. The number of carbonyl (C=O) groups is 1. The molecule has 0 bridgehead atoms. The lowest BCUT2D eigenvalue weighted by Gasteiger charge is -2.34. The second-order valence-electron chi connectivity index (χ2n) is 7.51. The molecule has 0 spiro atoms. The maximum Gasteiger partial charge on any atom is 0.251 e. The lowest BCUT2D eigenvalue weighted by molar-refractivity contribution is -0.134. The first-order chi connectivity index (χ1) is 13.7. The van der Waals surface area contributed by atoms with Gasteiger partial charge < -0.3 is 14.6 Å². The van der Waals surface area contributed by atoms with Gasteiger partial charge in [0, 0.05) is 49.6 Å². The number of nitrogens with one attached hydrogen (secondary N) is 1. The van der Waals surface area contributed by atoms with Gasteiger partial charge in [0.1, 0.15) is 5.82 Å². The van der Waals surface area contributed by atoms with Crippen molar-refractivity contribution >= 4 is 17.2 Å². The van der Waals surface area contributed by atoms with Crippen LogP contribution in [0.5, 0.6) is 0 Å². The number of rotatable bonds is 5. The van der Waals surface area contributed by atoms with E-state index in [9.17, 15) is 9.59 Å². The van der Waals surface area contributed by atoms with Crippen LogP contribution in [-0.2, 0) is 16.0 Å². The number of thiophene rings is 1. The van der Waals surface area contributed by atoms with Crippen LogP contribution in [0.2, 0.25) is 0 Å². The second-order valence-corrected chi connectivity index (χ2v) is 8.29. The SMILES string of the molecule is O=C(CN1CCOCC1)N1CCC(Cc2nc(-c3ccsc3)cc(=O)[nH]2)CC1. The van der Waals surface area contributed by atoms with Gasteiger partial charge in [0.15, 0.2) is 0 Å². The van der Waals surface area contributed by atoms with Crippen molar-refractivity contribution in [2.24, 2.45) is 5.92 Å². The molecule has 150 valence electrons. The molecule has 0 saturated carbocycles. The van der Waals surface area contributed by atoms with Crippen molar-refractivity contribution in [3.05, 3.63) is 39.1 Å². The Bertz CT molecular complexity index is 837. The number of aromatic amines is 1. The fourth-order valence-corrected chi connectivity index (χ4v) is 4.52. The molecule has 0 aliphatic carbocycles. The van der Waals surface area contributed by atoms with Gasteiger partial charge in [-0.25, -0.2) is 4.98 Å². The van der Waals surface area contributed by atoms with E-state index >= 15 is 0 Å². The molecular formula is C20H26N4O3S. The van der Waals surface area contributed by atoms with E-state index in [1.165, 1.54) is 0 Å². The van der Waals surface area contributed by atoms with Crippen molar-refractivity contribution in [3.8, 4) is 11.3 Å². The van der Waals surface area contributed by atoms with Gasteiger partial charge in [0.05, 0.1) is 25.5 Å². The fraction of sp³-hybridized carbons (Fsp3) is 0.550. The molecule has 28 heavy (non-hydrogen) atoms. The van der Waals surface area contributed by atoms with Crippen LogP contribution in [0.15, 0.2) is 27.7 Å². The lowest BCUT2D eigenvalue weighted by atomic mass is 9.93. The standard InChI is InChI=1S/C20H26N4O3S/c25-19-12-17(16-3-10-28-14-16)21-18(22-19)11-15-1-4-24(5-2-15)20(26)13-23-6-8-27-9-7-23/h3,10,12,14-15H,1-2,4-9,11,13H2,(H,21,22,25). The summed E-state index contributed by atoms with van der Waals surface area (Å²) in [5.74, 6) is 1.39. The summed E-state index contributed by atoms with van der Waals surface area (Å²) < 4.78 is 5.34. The summed E-state index contributed by atoms with van der Waals surface area (Å²) in [6.45, 7) is 5.15. The molecule has 8 heteroatoms. The number of likely N-dealkylation sites (tertiary alicyclic amines) is 1. The molecule has 2 aliphatic rings. The molecule has 1 N–H and O–H groups in total. The number of nitrogens with zero attached hydrogens (tertiary/aromatic N) is 3. The van der Waals surface area contributed by atoms with Crippen LogP contribution in [0.3, 0.4) is 0 Å². The van der Waals surface area contributed by atoms with Crippen molar-refractivity contribution in [2.75, 3.05) is 45.9 Å². The first-order valence-electron chi connectivity index (χ1n) is 9.88. The Morgan fingerprint density at radius 3 is 2.75 bits per heavy atom. The average Bonchev–Trinajstić information content (AvgIpc) is 3.24. The van der Waals surface area contributed by atoms with Gasteiger partial charge in [0.25, 0.3) is 5.56 Å². The van der Waals surface area contributed by atoms with Crippen LogP contribution < -0.4 is 5.56 Å². The average molecular weight is 403 g/mol. The third-order valence-corrected chi connectivity index (χ3v) is 6.20. The number of piperidine rings is 1. The van der Waals surface area contributed by atoms with Crippen LogP contribution in [0, 0.1) is 5.92 Å². The highest BCUT2D eigenvalue weighted by molar-refractivity contribution is 7.08. The number of amides is 1. The van der Waals surface area contributed by atoms with E-state index in [-0.39, 0.29) is 11.5 Å². The van der Waals surface area contributed by atoms with Gasteiger partial charge in [-0.2, -0.15) is 11.3 Å². The zero-order valence-corrected chi connectivity index (χ0v) is 16.7. The van der Waals surface area contributed by atoms with Crippen molar-refractivity contribution in [1.29, 1.82) is 0 Å². The van der Waals surface area contributed by atoms with Crippen LogP contribution in [0.25, 0.3) is 11.3 Å². The Kier molecular flexibility index (Phi) is 6.19. The molecule has 2 aromatic heterocycles. The first kappa shape index (κ1) is 19.3. The molecule has 2 saturated heterocycles. The molecule has 2 aliphatic heterocycles. The topological polar surface area (TPSA) is 78.5 Å². The normalized spacial score (nSPS) is 19.1. The highest BCUT2D eigenvalue weighted by atomic mass is 32.1. The third-order valence-electron chi connectivity index (χ3n) is 5.52. The van der Waals surface area contributed by atoms with Crippen molar-refractivity contribution in [2.45, 2.75) is 19.3 Å². The molecule has 4 heterocycles. The maximum absolute atomic E-state index is 12.5. The Labute approximate surface area is 168 Å². The number of hydrogen-bond donors (Lipinski definition) is 1. The summed E-state index contributed by atoms with van der Waals surface area (Å²) in [5.41, 5.74) is 1.61. The first-order valence-corrected chi connectivity index (χ1v) is 10.8. The molecule has 0 radical (unpaired) electrons.